The van der Waals surface area contributed by atoms with Crippen molar-refractivity contribution in [2.45, 2.75) is 20.8 Å². The molecule has 0 bridgehead atoms. The summed E-state index contributed by atoms with van der Waals surface area (Å²) in [5, 5.41) is 16.5. The van der Waals surface area contributed by atoms with Crippen molar-refractivity contribution in [3.8, 4) is 0 Å². The van der Waals surface area contributed by atoms with E-state index in [1.165, 1.54) is 18.2 Å². The van der Waals surface area contributed by atoms with Crippen LogP contribution in [0.25, 0.3) is 0 Å². The van der Waals surface area contributed by atoms with Crippen molar-refractivity contribution in [2.24, 2.45) is 5.41 Å². The van der Waals surface area contributed by atoms with Gasteiger partial charge in [-0.25, -0.2) is 0 Å². The lowest BCUT2D eigenvalue weighted by Crippen LogP contribution is -2.51. The highest BCUT2D eigenvalue weighted by molar-refractivity contribution is 7.80. The maximum Gasteiger partial charge on any atom is 0.282 e. The van der Waals surface area contributed by atoms with Crippen LogP contribution in [0.5, 0.6) is 0 Å². The van der Waals surface area contributed by atoms with Gasteiger partial charge in [-0.3, -0.25) is 25.0 Å². The molecule has 9 nitrogen and oxygen atoms in total. The van der Waals surface area contributed by atoms with Crippen molar-refractivity contribution in [2.75, 3.05) is 36.4 Å². The molecule has 1 heterocycles. The third kappa shape index (κ3) is 6.04. The molecule has 10 heteroatoms. The zero-order valence-electron chi connectivity index (χ0n) is 18.8. The van der Waals surface area contributed by atoms with Crippen molar-refractivity contribution < 1.29 is 14.5 Å². The zero-order chi connectivity index (χ0) is 24.2. The van der Waals surface area contributed by atoms with Crippen molar-refractivity contribution in [1.29, 1.82) is 0 Å². The molecule has 1 saturated heterocycles. The summed E-state index contributed by atoms with van der Waals surface area (Å²) in [5.41, 5.74) is 0.971. The summed E-state index contributed by atoms with van der Waals surface area (Å²) >= 11 is 5.19. The molecule has 3 rings (SSSR count). The SMILES string of the molecule is CC(C)(C)C(=O)N1CCN(c2ccc(NC(=S)NC(=O)c3ccccc3[N+](=O)[O-])cc2)CC1. The molecule has 0 aliphatic carbocycles. The van der Waals surface area contributed by atoms with E-state index in [-0.39, 0.29) is 27.7 Å². The van der Waals surface area contributed by atoms with Gasteiger partial charge in [0.15, 0.2) is 5.11 Å². The van der Waals surface area contributed by atoms with Crippen LogP contribution in [0.3, 0.4) is 0 Å². The van der Waals surface area contributed by atoms with Crippen LogP contribution in [0.4, 0.5) is 17.1 Å². The van der Waals surface area contributed by atoms with E-state index in [9.17, 15) is 19.7 Å². The Bertz CT molecular complexity index is 1060. The molecule has 2 N–H and O–H groups in total. The first-order chi connectivity index (χ1) is 15.6. The summed E-state index contributed by atoms with van der Waals surface area (Å²) in [4.78, 5) is 39.5. The molecule has 2 amide bonds. The van der Waals surface area contributed by atoms with Gasteiger partial charge in [0.25, 0.3) is 11.6 Å². The van der Waals surface area contributed by atoms with E-state index in [0.29, 0.717) is 18.8 Å². The molecule has 0 atom stereocenters. The average Bonchev–Trinajstić information content (AvgIpc) is 2.78. The van der Waals surface area contributed by atoms with Crippen LogP contribution in [0.2, 0.25) is 0 Å². The number of hydrogen-bond donors (Lipinski definition) is 2. The van der Waals surface area contributed by atoms with Crippen LogP contribution < -0.4 is 15.5 Å². The van der Waals surface area contributed by atoms with E-state index in [1.54, 1.807) is 6.07 Å². The third-order valence-corrected chi connectivity index (χ3v) is 5.48. The number of piperazine rings is 1. The molecule has 2 aromatic rings. The quantitative estimate of drug-likeness (QED) is 0.401. The van der Waals surface area contributed by atoms with Gasteiger partial charge in [-0.05, 0) is 42.5 Å². The summed E-state index contributed by atoms with van der Waals surface area (Å²) in [6.07, 6.45) is 0. The standard InChI is InChI=1S/C23H27N5O4S/c1-23(2,3)21(30)27-14-12-26(13-15-27)17-10-8-16(9-11-17)24-22(33)25-20(29)18-6-4-5-7-19(18)28(31)32/h4-11H,12-15H2,1-3H3,(H2,24,25,29,33). The van der Waals surface area contributed by atoms with Gasteiger partial charge in [0.2, 0.25) is 5.91 Å². The van der Waals surface area contributed by atoms with E-state index >= 15 is 0 Å². The smallest absolute Gasteiger partial charge is 0.282 e. The Morgan fingerprint density at radius 2 is 1.61 bits per heavy atom. The fourth-order valence-corrected chi connectivity index (χ4v) is 3.77. The Labute approximate surface area is 197 Å². The van der Waals surface area contributed by atoms with E-state index in [2.05, 4.69) is 15.5 Å². The van der Waals surface area contributed by atoms with Gasteiger partial charge >= 0.3 is 0 Å². The number of thiocarbonyl (C=S) groups is 1. The second kappa shape index (κ2) is 9.95. The first-order valence-corrected chi connectivity index (χ1v) is 11.0. The maximum absolute atomic E-state index is 12.5. The highest BCUT2D eigenvalue weighted by atomic mass is 32.1. The minimum absolute atomic E-state index is 0.0419. The number of carbonyl (C=O) groups excluding carboxylic acids is 2. The first kappa shape index (κ1) is 24.1. The van der Waals surface area contributed by atoms with Gasteiger partial charge in [-0.2, -0.15) is 0 Å². The highest BCUT2D eigenvalue weighted by Crippen LogP contribution is 2.23. The average molecular weight is 470 g/mol. The normalized spacial score (nSPS) is 13.9. The number of benzene rings is 2. The van der Waals surface area contributed by atoms with E-state index in [4.69, 9.17) is 12.2 Å². The number of nitro groups is 1. The lowest BCUT2D eigenvalue weighted by molar-refractivity contribution is -0.385. The topological polar surface area (TPSA) is 108 Å². The zero-order valence-corrected chi connectivity index (χ0v) is 19.6. The lowest BCUT2D eigenvalue weighted by atomic mass is 9.94. The largest absolute Gasteiger partial charge is 0.368 e. The summed E-state index contributed by atoms with van der Waals surface area (Å²) in [6, 6.07) is 13.2. The number of nitrogens with zero attached hydrogens (tertiary/aromatic N) is 3. The van der Waals surface area contributed by atoms with Crippen LogP contribution >= 0.6 is 12.2 Å². The summed E-state index contributed by atoms with van der Waals surface area (Å²) < 4.78 is 0. The van der Waals surface area contributed by atoms with Crippen molar-refractivity contribution >= 4 is 46.2 Å². The molecule has 0 aromatic heterocycles. The van der Waals surface area contributed by atoms with Gasteiger partial charge in [-0.1, -0.05) is 32.9 Å². The van der Waals surface area contributed by atoms with Crippen LogP contribution in [-0.4, -0.2) is 52.9 Å². The van der Waals surface area contributed by atoms with Crippen LogP contribution in [0.15, 0.2) is 48.5 Å². The fourth-order valence-electron chi connectivity index (χ4n) is 3.56. The van der Waals surface area contributed by atoms with E-state index in [1.807, 2.05) is 49.9 Å². The number of hydrogen-bond acceptors (Lipinski definition) is 6. The Hall–Kier alpha value is -3.53. The molecule has 2 aromatic carbocycles. The van der Waals surface area contributed by atoms with Gasteiger partial charge in [-0.15, -0.1) is 0 Å². The second-order valence-electron chi connectivity index (χ2n) is 8.76. The summed E-state index contributed by atoms with van der Waals surface area (Å²) in [7, 11) is 0. The van der Waals surface area contributed by atoms with Gasteiger partial charge in [0.1, 0.15) is 5.56 Å². The van der Waals surface area contributed by atoms with Gasteiger partial charge in [0, 0.05) is 49.0 Å². The summed E-state index contributed by atoms with van der Waals surface area (Å²) in [5.74, 6) is -0.489. The molecule has 0 spiro atoms. The Morgan fingerprint density at radius 1 is 1.00 bits per heavy atom. The van der Waals surface area contributed by atoms with E-state index in [0.717, 1.165) is 18.8 Å². The molecular formula is C23H27N5O4S. The molecule has 0 saturated carbocycles. The first-order valence-electron chi connectivity index (χ1n) is 10.6. The minimum Gasteiger partial charge on any atom is -0.368 e. The maximum atomic E-state index is 12.5. The number of nitrogens with one attached hydrogen (secondary N) is 2. The molecular weight excluding hydrogens is 442 g/mol. The Balaban J connectivity index is 1.55. The molecule has 1 aliphatic heterocycles. The summed E-state index contributed by atoms with van der Waals surface area (Å²) in [6.45, 7) is 8.65. The van der Waals surface area contributed by atoms with E-state index < -0.39 is 10.8 Å². The minimum atomic E-state index is -0.654. The molecule has 174 valence electrons. The highest BCUT2D eigenvalue weighted by Gasteiger charge is 2.29. The second-order valence-corrected chi connectivity index (χ2v) is 9.17. The van der Waals surface area contributed by atoms with Gasteiger partial charge < -0.3 is 15.1 Å². The number of nitro benzene ring substituents is 1. The number of para-hydroxylation sites is 1. The molecule has 0 unspecified atom stereocenters. The molecule has 1 fully saturated rings. The Kier molecular flexibility index (Phi) is 7.27. The van der Waals surface area contributed by atoms with Crippen LogP contribution in [0.1, 0.15) is 31.1 Å². The van der Waals surface area contributed by atoms with Crippen LogP contribution in [-0.2, 0) is 4.79 Å². The molecule has 0 radical (unpaired) electrons. The van der Waals surface area contributed by atoms with Crippen molar-refractivity contribution in [3.05, 3.63) is 64.2 Å². The van der Waals surface area contributed by atoms with Gasteiger partial charge in [0.05, 0.1) is 4.92 Å². The van der Waals surface area contributed by atoms with Crippen LogP contribution in [0, 0.1) is 15.5 Å². The number of anilines is 2. The predicted molar refractivity (Wildman–Crippen MR) is 131 cm³/mol. The lowest BCUT2D eigenvalue weighted by Gasteiger charge is -2.38. The molecule has 1 aliphatic rings. The third-order valence-electron chi connectivity index (χ3n) is 5.27. The molecule has 33 heavy (non-hydrogen) atoms. The fraction of sp³-hybridized carbons (Fsp3) is 0.348. The predicted octanol–water partition coefficient (Wildman–Crippen LogP) is 3.42. The van der Waals surface area contributed by atoms with Crippen molar-refractivity contribution in [1.82, 2.24) is 10.2 Å². The monoisotopic (exact) mass is 469 g/mol. The number of carbonyl (C=O) groups is 2. The Morgan fingerprint density at radius 3 is 2.18 bits per heavy atom. The number of amides is 2. The number of rotatable bonds is 4. The van der Waals surface area contributed by atoms with Crippen molar-refractivity contribution in [3.63, 3.8) is 0 Å².